The largest absolute Gasteiger partial charge is 0.439 e. The van der Waals surface area contributed by atoms with Crippen LogP contribution in [-0.2, 0) is 12.8 Å². The highest BCUT2D eigenvalue weighted by Gasteiger charge is 2.12. The van der Waals surface area contributed by atoms with E-state index in [0.717, 1.165) is 42.2 Å². The lowest BCUT2D eigenvalue weighted by molar-refractivity contribution is 0.454. The number of ether oxygens (including phenoxy) is 1. The molecule has 0 fully saturated rings. The van der Waals surface area contributed by atoms with Crippen molar-refractivity contribution in [2.24, 2.45) is 0 Å². The van der Waals surface area contributed by atoms with Crippen LogP contribution in [0.4, 0.5) is 5.82 Å². The molecule has 0 aliphatic heterocycles. The SMILES string of the molecule is CCCc1nc(NC)c(C)c(Oc2cccc(CC)c2)n1. The fourth-order valence-electron chi connectivity index (χ4n) is 2.16. The fourth-order valence-corrected chi connectivity index (χ4v) is 2.16. The second-order valence-electron chi connectivity index (χ2n) is 5.02. The van der Waals surface area contributed by atoms with E-state index in [-0.39, 0.29) is 0 Å². The summed E-state index contributed by atoms with van der Waals surface area (Å²) in [5.41, 5.74) is 2.18. The lowest BCUT2D eigenvalue weighted by Gasteiger charge is -2.13. The fraction of sp³-hybridized carbons (Fsp3) is 0.412. The van der Waals surface area contributed by atoms with Crippen LogP contribution in [0.2, 0.25) is 0 Å². The molecule has 1 aromatic carbocycles. The molecule has 0 unspecified atom stereocenters. The van der Waals surface area contributed by atoms with Gasteiger partial charge < -0.3 is 10.1 Å². The highest BCUT2D eigenvalue weighted by atomic mass is 16.5. The molecule has 1 heterocycles. The Morgan fingerprint density at radius 1 is 1.19 bits per heavy atom. The summed E-state index contributed by atoms with van der Waals surface area (Å²) >= 11 is 0. The first-order chi connectivity index (χ1) is 10.2. The van der Waals surface area contributed by atoms with Crippen LogP contribution in [0.1, 0.15) is 37.2 Å². The zero-order valence-electron chi connectivity index (χ0n) is 13.2. The maximum absolute atomic E-state index is 5.99. The van der Waals surface area contributed by atoms with Crippen molar-refractivity contribution in [2.45, 2.75) is 40.0 Å². The van der Waals surface area contributed by atoms with Gasteiger partial charge in [0.05, 0.1) is 5.56 Å². The number of hydrogen-bond donors (Lipinski definition) is 1. The van der Waals surface area contributed by atoms with Gasteiger partial charge in [-0.25, -0.2) is 4.98 Å². The van der Waals surface area contributed by atoms with Gasteiger partial charge in [0, 0.05) is 13.5 Å². The van der Waals surface area contributed by atoms with Crippen molar-refractivity contribution >= 4 is 5.82 Å². The molecule has 0 radical (unpaired) electrons. The normalized spacial score (nSPS) is 10.5. The Balaban J connectivity index is 2.35. The summed E-state index contributed by atoms with van der Waals surface area (Å²) in [5, 5.41) is 3.11. The van der Waals surface area contributed by atoms with Crippen molar-refractivity contribution < 1.29 is 4.74 Å². The topological polar surface area (TPSA) is 47.0 Å². The molecule has 4 nitrogen and oxygen atoms in total. The van der Waals surface area contributed by atoms with Crippen molar-refractivity contribution in [3.05, 3.63) is 41.2 Å². The number of aromatic nitrogens is 2. The first-order valence-electron chi connectivity index (χ1n) is 7.50. The van der Waals surface area contributed by atoms with E-state index in [1.807, 2.05) is 26.1 Å². The third-order valence-electron chi connectivity index (χ3n) is 3.38. The van der Waals surface area contributed by atoms with Crippen LogP contribution in [0.25, 0.3) is 0 Å². The number of anilines is 1. The Hall–Kier alpha value is -2.10. The third-order valence-corrected chi connectivity index (χ3v) is 3.38. The predicted octanol–water partition coefficient (Wildman–Crippen LogP) is 4.13. The van der Waals surface area contributed by atoms with Gasteiger partial charge >= 0.3 is 0 Å². The van der Waals surface area contributed by atoms with Gasteiger partial charge in [0.25, 0.3) is 0 Å². The van der Waals surface area contributed by atoms with E-state index in [4.69, 9.17) is 4.74 Å². The number of benzene rings is 1. The standard InChI is InChI=1S/C17H23N3O/c1-5-8-15-19-16(18-4)12(3)17(20-15)21-14-10-7-9-13(6-2)11-14/h7,9-11H,5-6,8H2,1-4H3,(H,18,19,20). The molecule has 0 saturated heterocycles. The van der Waals surface area contributed by atoms with Crippen LogP contribution in [-0.4, -0.2) is 17.0 Å². The summed E-state index contributed by atoms with van der Waals surface area (Å²) in [4.78, 5) is 9.06. The Kier molecular flexibility index (Phi) is 5.14. The molecule has 0 aliphatic rings. The number of aryl methyl sites for hydroxylation is 2. The highest BCUT2D eigenvalue weighted by molar-refractivity contribution is 5.49. The Morgan fingerprint density at radius 2 is 2.00 bits per heavy atom. The molecule has 2 aromatic rings. The van der Waals surface area contributed by atoms with Gasteiger partial charge in [-0.15, -0.1) is 0 Å². The van der Waals surface area contributed by atoms with Gasteiger partial charge in [0.2, 0.25) is 5.88 Å². The quantitative estimate of drug-likeness (QED) is 0.866. The minimum Gasteiger partial charge on any atom is -0.439 e. The van der Waals surface area contributed by atoms with Crippen LogP contribution in [0.3, 0.4) is 0 Å². The van der Waals surface area contributed by atoms with Crippen molar-refractivity contribution in [3.8, 4) is 11.6 Å². The summed E-state index contributed by atoms with van der Waals surface area (Å²) in [5.74, 6) is 3.09. The Morgan fingerprint density at radius 3 is 2.67 bits per heavy atom. The maximum atomic E-state index is 5.99. The molecule has 0 atom stereocenters. The zero-order valence-corrected chi connectivity index (χ0v) is 13.2. The van der Waals surface area contributed by atoms with Crippen molar-refractivity contribution in [2.75, 3.05) is 12.4 Å². The van der Waals surface area contributed by atoms with Gasteiger partial charge in [-0.1, -0.05) is 26.0 Å². The summed E-state index contributed by atoms with van der Waals surface area (Å²) in [7, 11) is 1.87. The van der Waals surface area contributed by atoms with Gasteiger partial charge in [-0.05, 0) is 37.5 Å². The molecule has 1 N–H and O–H groups in total. The van der Waals surface area contributed by atoms with Crippen LogP contribution < -0.4 is 10.1 Å². The lowest BCUT2D eigenvalue weighted by Crippen LogP contribution is -2.05. The van der Waals surface area contributed by atoms with E-state index in [0.29, 0.717) is 5.88 Å². The highest BCUT2D eigenvalue weighted by Crippen LogP contribution is 2.27. The summed E-state index contributed by atoms with van der Waals surface area (Å²) in [6.45, 7) is 6.22. The van der Waals surface area contributed by atoms with Crippen molar-refractivity contribution in [3.63, 3.8) is 0 Å². The van der Waals surface area contributed by atoms with Crippen LogP contribution in [0, 0.1) is 6.92 Å². The van der Waals surface area contributed by atoms with Gasteiger partial charge in [0.15, 0.2) is 0 Å². The molecule has 112 valence electrons. The van der Waals surface area contributed by atoms with E-state index < -0.39 is 0 Å². The Bertz CT molecular complexity index is 611. The second kappa shape index (κ2) is 7.07. The predicted molar refractivity (Wildman–Crippen MR) is 86.2 cm³/mol. The number of nitrogens with zero attached hydrogens (tertiary/aromatic N) is 2. The average molecular weight is 285 g/mol. The molecule has 1 aromatic heterocycles. The summed E-state index contributed by atoms with van der Waals surface area (Å²) in [6, 6.07) is 8.12. The van der Waals surface area contributed by atoms with E-state index in [2.05, 4.69) is 41.3 Å². The first-order valence-corrected chi connectivity index (χ1v) is 7.50. The summed E-state index contributed by atoms with van der Waals surface area (Å²) < 4.78 is 5.99. The Labute approximate surface area is 126 Å². The van der Waals surface area contributed by atoms with Crippen molar-refractivity contribution in [1.82, 2.24) is 9.97 Å². The summed E-state index contributed by atoms with van der Waals surface area (Å²) in [6.07, 6.45) is 2.85. The van der Waals surface area contributed by atoms with Gasteiger partial charge in [-0.2, -0.15) is 4.98 Å². The van der Waals surface area contributed by atoms with Gasteiger partial charge in [-0.3, -0.25) is 0 Å². The maximum Gasteiger partial charge on any atom is 0.227 e. The van der Waals surface area contributed by atoms with Crippen LogP contribution in [0.15, 0.2) is 24.3 Å². The zero-order chi connectivity index (χ0) is 15.2. The van der Waals surface area contributed by atoms with Crippen LogP contribution in [0.5, 0.6) is 11.6 Å². The minimum absolute atomic E-state index is 0.631. The van der Waals surface area contributed by atoms with E-state index in [9.17, 15) is 0 Å². The van der Waals surface area contributed by atoms with E-state index in [1.54, 1.807) is 0 Å². The number of hydrogen-bond acceptors (Lipinski definition) is 4. The third kappa shape index (κ3) is 3.72. The number of nitrogens with one attached hydrogen (secondary N) is 1. The molecule has 0 saturated carbocycles. The molecular formula is C17H23N3O. The molecule has 0 spiro atoms. The minimum atomic E-state index is 0.631. The van der Waals surface area contributed by atoms with Crippen molar-refractivity contribution in [1.29, 1.82) is 0 Å². The molecule has 2 rings (SSSR count). The molecule has 21 heavy (non-hydrogen) atoms. The monoisotopic (exact) mass is 285 g/mol. The first kappa shape index (κ1) is 15.3. The number of rotatable bonds is 6. The van der Waals surface area contributed by atoms with Gasteiger partial charge in [0.1, 0.15) is 17.4 Å². The smallest absolute Gasteiger partial charge is 0.227 e. The molecule has 0 amide bonds. The molecule has 4 heteroatoms. The van der Waals surface area contributed by atoms with E-state index in [1.165, 1.54) is 5.56 Å². The van der Waals surface area contributed by atoms with Crippen LogP contribution >= 0.6 is 0 Å². The molecule has 0 aliphatic carbocycles. The molecule has 0 bridgehead atoms. The average Bonchev–Trinajstić information content (AvgIpc) is 2.50. The molecular weight excluding hydrogens is 262 g/mol. The van der Waals surface area contributed by atoms with E-state index >= 15 is 0 Å². The lowest BCUT2D eigenvalue weighted by atomic mass is 10.2. The second-order valence-corrected chi connectivity index (χ2v) is 5.02.